The lowest BCUT2D eigenvalue weighted by Gasteiger charge is -2.34. The normalized spacial score (nSPS) is 14.4. The Hall–Kier alpha value is -3.76. The second kappa shape index (κ2) is 10.9. The standard InChI is InChI=1S/C27H30N4O3/c1-33-23-9-10-26(34-2)22(18-23)19-29-14-16-30(17-15-29)27(32)11-8-21-20-31(13-5-12-28)25-7-4-3-6-24(21)25/h3-4,6-11,18,20H,5,13-17,19H2,1-2H3/b11-8+. The molecule has 0 spiro atoms. The van der Waals surface area contributed by atoms with E-state index in [0.29, 0.717) is 26.1 Å². The van der Waals surface area contributed by atoms with Gasteiger partial charge in [0.05, 0.1) is 26.7 Å². The molecule has 0 bridgehead atoms. The highest BCUT2D eigenvalue weighted by Crippen LogP contribution is 2.26. The summed E-state index contributed by atoms with van der Waals surface area (Å²) in [5.41, 5.74) is 3.14. The van der Waals surface area contributed by atoms with E-state index in [2.05, 4.69) is 15.5 Å². The third-order valence-electron chi connectivity index (χ3n) is 6.25. The number of nitrogens with zero attached hydrogens (tertiary/aromatic N) is 4. The number of hydrogen-bond acceptors (Lipinski definition) is 5. The van der Waals surface area contributed by atoms with Crippen molar-refractivity contribution in [2.24, 2.45) is 0 Å². The molecule has 0 unspecified atom stereocenters. The summed E-state index contributed by atoms with van der Waals surface area (Å²) in [4.78, 5) is 17.1. The summed E-state index contributed by atoms with van der Waals surface area (Å²) in [6.45, 7) is 4.35. The molecular formula is C27H30N4O3. The van der Waals surface area contributed by atoms with Gasteiger partial charge in [-0.25, -0.2) is 0 Å². The second-order valence-corrected chi connectivity index (χ2v) is 8.32. The summed E-state index contributed by atoms with van der Waals surface area (Å²) in [6.07, 6.45) is 6.02. The van der Waals surface area contributed by atoms with Crippen molar-refractivity contribution in [3.8, 4) is 17.6 Å². The molecule has 0 aliphatic carbocycles. The van der Waals surface area contributed by atoms with E-state index in [9.17, 15) is 4.79 Å². The largest absolute Gasteiger partial charge is 0.497 e. The maximum atomic E-state index is 12.9. The van der Waals surface area contributed by atoms with Crippen molar-refractivity contribution < 1.29 is 14.3 Å². The van der Waals surface area contributed by atoms with Gasteiger partial charge in [0.25, 0.3) is 0 Å². The first-order valence-electron chi connectivity index (χ1n) is 11.5. The van der Waals surface area contributed by atoms with Gasteiger partial charge in [0.1, 0.15) is 11.5 Å². The SMILES string of the molecule is COc1ccc(OC)c(CN2CCN(C(=O)/C=C/c3cn(CCC#N)c4ccccc34)CC2)c1. The molecule has 0 saturated carbocycles. The van der Waals surface area contributed by atoms with Gasteiger partial charge in [-0.1, -0.05) is 18.2 Å². The molecule has 2 heterocycles. The number of hydrogen-bond donors (Lipinski definition) is 0. The molecule has 3 aromatic rings. The first-order valence-corrected chi connectivity index (χ1v) is 11.5. The maximum Gasteiger partial charge on any atom is 0.246 e. The molecule has 4 rings (SSSR count). The number of amides is 1. The van der Waals surface area contributed by atoms with Gasteiger partial charge in [0.2, 0.25) is 5.91 Å². The number of fused-ring (bicyclic) bond motifs is 1. The van der Waals surface area contributed by atoms with Gasteiger partial charge in [-0.3, -0.25) is 9.69 Å². The third-order valence-corrected chi connectivity index (χ3v) is 6.25. The fourth-order valence-corrected chi connectivity index (χ4v) is 4.40. The molecule has 7 heteroatoms. The molecular weight excluding hydrogens is 428 g/mol. The van der Waals surface area contributed by atoms with Crippen LogP contribution in [0.1, 0.15) is 17.5 Å². The van der Waals surface area contributed by atoms with Crippen LogP contribution in [0, 0.1) is 11.3 Å². The summed E-state index contributed by atoms with van der Waals surface area (Å²) in [5, 5.41) is 10.0. The Labute approximate surface area is 200 Å². The van der Waals surface area contributed by atoms with Crippen LogP contribution in [0.2, 0.25) is 0 Å². The zero-order valence-electron chi connectivity index (χ0n) is 19.7. The van der Waals surface area contributed by atoms with E-state index >= 15 is 0 Å². The predicted octanol–water partition coefficient (Wildman–Crippen LogP) is 3.93. The number of ether oxygens (including phenoxy) is 2. The zero-order chi connectivity index (χ0) is 23.9. The number of carbonyl (C=O) groups is 1. The summed E-state index contributed by atoms with van der Waals surface area (Å²) in [7, 11) is 3.34. The van der Waals surface area contributed by atoms with Crippen molar-refractivity contribution >= 4 is 22.9 Å². The number of para-hydroxylation sites is 1. The van der Waals surface area contributed by atoms with Crippen molar-refractivity contribution in [3.05, 3.63) is 65.9 Å². The van der Waals surface area contributed by atoms with Gasteiger partial charge in [-0.05, 0) is 30.3 Å². The predicted molar refractivity (Wildman–Crippen MR) is 133 cm³/mol. The highest BCUT2D eigenvalue weighted by molar-refractivity contribution is 5.96. The maximum absolute atomic E-state index is 12.9. The molecule has 1 fully saturated rings. The smallest absolute Gasteiger partial charge is 0.246 e. The van der Waals surface area contributed by atoms with Gasteiger partial charge >= 0.3 is 0 Å². The van der Waals surface area contributed by atoms with Crippen molar-refractivity contribution in [3.63, 3.8) is 0 Å². The van der Waals surface area contributed by atoms with Gasteiger partial charge in [0.15, 0.2) is 0 Å². The van der Waals surface area contributed by atoms with Crippen LogP contribution in [0.3, 0.4) is 0 Å². The van der Waals surface area contributed by atoms with E-state index in [1.807, 2.05) is 59.6 Å². The minimum absolute atomic E-state index is 0.0208. The highest BCUT2D eigenvalue weighted by atomic mass is 16.5. The number of nitriles is 1. The van der Waals surface area contributed by atoms with Gasteiger partial charge in [0, 0.05) is 73.6 Å². The zero-order valence-corrected chi connectivity index (χ0v) is 19.7. The van der Waals surface area contributed by atoms with E-state index in [1.54, 1.807) is 20.3 Å². The number of methoxy groups -OCH3 is 2. The van der Waals surface area contributed by atoms with Crippen LogP contribution in [0.4, 0.5) is 0 Å². The fraction of sp³-hybridized carbons (Fsp3) is 0.333. The number of benzene rings is 2. The van der Waals surface area contributed by atoms with Crippen molar-refractivity contribution in [1.82, 2.24) is 14.4 Å². The highest BCUT2D eigenvalue weighted by Gasteiger charge is 2.21. The molecule has 1 amide bonds. The van der Waals surface area contributed by atoms with Crippen LogP contribution < -0.4 is 9.47 Å². The second-order valence-electron chi connectivity index (χ2n) is 8.32. The first kappa shape index (κ1) is 23.4. The average Bonchev–Trinajstić information content (AvgIpc) is 3.24. The minimum atomic E-state index is 0.0208. The number of piperazine rings is 1. The van der Waals surface area contributed by atoms with E-state index in [1.165, 1.54) is 0 Å². The Bertz CT molecular complexity index is 1220. The monoisotopic (exact) mass is 458 g/mol. The number of rotatable bonds is 8. The van der Waals surface area contributed by atoms with Crippen LogP contribution in [0.15, 0.2) is 54.7 Å². The molecule has 1 saturated heterocycles. The Balaban J connectivity index is 1.38. The van der Waals surface area contributed by atoms with Gasteiger partial charge in [-0.15, -0.1) is 0 Å². The Kier molecular flexibility index (Phi) is 7.51. The first-order chi connectivity index (χ1) is 16.6. The minimum Gasteiger partial charge on any atom is -0.497 e. The quantitative estimate of drug-likeness (QED) is 0.479. The molecule has 176 valence electrons. The number of carbonyl (C=O) groups excluding carboxylic acids is 1. The number of aromatic nitrogens is 1. The fourth-order valence-electron chi connectivity index (χ4n) is 4.40. The Morgan fingerprint density at radius 1 is 1.09 bits per heavy atom. The van der Waals surface area contributed by atoms with Crippen molar-refractivity contribution in [2.75, 3.05) is 40.4 Å². The molecule has 1 aromatic heterocycles. The third kappa shape index (κ3) is 5.24. The lowest BCUT2D eigenvalue weighted by atomic mass is 10.1. The summed E-state index contributed by atoms with van der Waals surface area (Å²) in [5.74, 6) is 1.67. The van der Waals surface area contributed by atoms with E-state index < -0.39 is 0 Å². The molecule has 0 atom stereocenters. The van der Waals surface area contributed by atoms with E-state index in [4.69, 9.17) is 14.7 Å². The van der Waals surface area contributed by atoms with Crippen molar-refractivity contribution in [1.29, 1.82) is 5.26 Å². The van der Waals surface area contributed by atoms with Crippen LogP contribution in [0.25, 0.3) is 17.0 Å². The van der Waals surface area contributed by atoms with E-state index in [-0.39, 0.29) is 5.91 Å². The Morgan fingerprint density at radius 2 is 1.88 bits per heavy atom. The molecule has 34 heavy (non-hydrogen) atoms. The van der Waals surface area contributed by atoms with Gasteiger partial charge in [-0.2, -0.15) is 5.26 Å². The van der Waals surface area contributed by atoms with Gasteiger partial charge < -0.3 is 18.9 Å². The lowest BCUT2D eigenvalue weighted by molar-refractivity contribution is -0.127. The van der Waals surface area contributed by atoms with Crippen LogP contribution in [-0.4, -0.2) is 60.7 Å². The average molecular weight is 459 g/mol. The molecule has 7 nitrogen and oxygen atoms in total. The van der Waals surface area contributed by atoms with E-state index in [0.717, 1.165) is 53.2 Å². The lowest BCUT2D eigenvalue weighted by Crippen LogP contribution is -2.47. The summed E-state index contributed by atoms with van der Waals surface area (Å²) >= 11 is 0. The molecule has 2 aromatic carbocycles. The molecule has 0 radical (unpaired) electrons. The molecule has 1 aliphatic rings. The number of aryl methyl sites for hydroxylation is 1. The van der Waals surface area contributed by atoms with Crippen LogP contribution in [-0.2, 0) is 17.9 Å². The van der Waals surface area contributed by atoms with Crippen LogP contribution in [0.5, 0.6) is 11.5 Å². The topological polar surface area (TPSA) is 70.7 Å². The summed E-state index contributed by atoms with van der Waals surface area (Å²) in [6, 6.07) is 16.1. The summed E-state index contributed by atoms with van der Waals surface area (Å²) < 4.78 is 12.9. The Morgan fingerprint density at radius 3 is 2.62 bits per heavy atom. The van der Waals surface area contributed by atoms with Crippen LogP contribution >= 0.6 is 0 Å². The molecule has 1 aliphatic heterocycles. The molecule has 0 N–H and O–H groups in total. The van der Waals surface area contributed by atoms with Crippen molar-refractivity contribution in [2.45, 2.75) is 19.5 Å².